The number of nitrogens with zero attached hydrogens (tertiary/aromatic N) is 3. The third-order valence-electron chi connectivity index (χ3n) is 4.07. The van der Waals surface area contributed by atoms with Crippen molar-refractivity contribution in [2.75, 3.05) is 0 Å². The normalized spacial score (nSPS) is 12.3. The molecule has 3 aromatic rings. The van der Waals surface area contributed by atoms with Gasteiger partial charge in [0.1, 0.15) is 5.65 Å². The first-order valence-electron chi connectivity index (χ1n) is 7.88. The van der Waals surface area contributed by atoms with Gasteiger partial charge in [0.05, 0.1) is 10.7 Å². The predicted octanol–water partition coefficient (Wildman–Crippen LogP) is 3.12. The number of fused-ring (bicyclic) bond motifs is 1. The summed E-state index contributed by atoms with van der Waals surface area (Å²) in [4.78, 5) is 8.63. The fraction of sp³-hybridized carbons (Fsp3) is 0.333. The SMILES string of the molecule is CC(C)(C)n1c(O)c(Cc2ncc(Cl)cc2C(O)O)c2cccnc21. The second-order valence-corrected chi connectivity index (χ2v) is 7.36. The average molecular weight is 362 g/mol. The molecular weight excluding hydrogens is 342 g/mol. The first-order chi connectivity index (χ1) is 11.7. The van der Waals surface area contributed by atoms with E-state index in [0.29, 0.717) is 21.9 Å². The maximum absolute atomic E-state index is 10.8. The number of hydrogen-bond donors (Lipinski definition) is 3. The van der Waals surface area contributed by atoms with E-state index in [1.165, 1.54) is 12.3 Å². The highest BCUT2D eigenvalue weighted by Gasteiger charge is 2.26. The van der Waals surface area contributed by atoms with Crippen molar-refractivity contribution in [2.45, 2.75) is 39.0 Å². The molecule has 3 heterocycles. The summed E-state index contributed by atoms with van der Waals surface area (Å²) in [6.07, 6.45) is 1.65. The van der Waals surface area contributed by atoms with Crippen molar-refractivity contribution < 1.29 is 15.3 Å². The van der Waals surface area contributed by atoms with E-state index in [1.807, 2.05) is 26.8 Å². The van der Waals surface area contributed by atoms with Crippen LogP contribution in [0.5, 0.6) is 5.88 Å². The maximum Gasteiger partial charge on any atom is 0.197 e. The summed E-state index contributed by atoms with van der Waals surface area (Å²) in [5.41, 5.74) is 1.58. The number of aliphatic hydroxyl groups is 2. The highest BCUT2D eigenvalue weighted by atomic mass is 35.5. The van der Waals surface area contributed by atoms with Crippen molar-refractivity contribution in [3.8, 4) is 5.88 Å². The smallest absolute Gasteiger partial charge is 0.197 e. The van der Waals surface area contributed by atoms with Gasteiger partial charge < -0.3 is 15.3 Å². The van der Waals surface area contributed by atoms with Gasteiger partial charge in [-0.25, -0.2) is 4.98 Å². The Morgan fingerprint density at radius 2 is 1.96 bits per heavy atom. The molecule has 0 radical (unpaired) electrons. The molecule has 0 amide bonds. The molecule has 0 aliphatic rings. The van der Waals surface area contributed by atoms with Crippen molar-refractivity contribution >= 4 is 22.6 Å². The minimum absolute atomic E-state index is 0.0938. The zero-order valence-electron chi connectivity index (χ0n) is 14.2. The molecule has 7 heteroatoms. The third-order valence-corrected chi connectivity index (χ3v) is 4.28. The van der Waals surface area contributed by atoms with E-state index < -0.39 is 6.29 Å². The molecule has 3 rings (SSSR count). The summed E-state index contributed by atoms with van der Waals surface area (Å²) >= 11 is 5.91. The molecular formula is C18H20ClN3O3. The van der Waals surface area contributed by atoms with Crippen molar-refractivity contribution in [1.29, 1.82) is 0 Å². The fourth-order valence-corrected chi connectivity index (χ4v) is 3.16. The van der Waals surface area contributed by atoms with Gasteiger partial charge in [-0.2, -0.15) is 0 Å². The summed E-state index contributed by atoms with van der Waals surface area (Å²) in [7, 11) is 0. The number of aliphatic hydroxyl groups excluding tert-OH is 1. The molecule has 0 saturated heterocycles. The van der Waals surface area contributed by atoms with Crippen LogP contribution in [0.3, 0.4) is 0 Å². The van der Waals surface area contributed by atoms with Gasteiger partial charge in [0.25, 0.3) is 0 Å². The van der Waals surface area contributed by atoms with Crippen LogP contribution in [0.2, 0.25) is 5.02 Å². The first kappa shape index (κ1) is 17.7. The minimum Gasteiger partial charge on any atom is -0.494 e. The molecule has 132 valence electrons. The van der Waals surface area contributed by atoms with Crippen LogP contribution in [0.15, 0.2) is 30.6 Å². The zero-order chi connectivity index (χ0) is 18.4. The number of aromatic hydroxyl groups is 1. The molecule has 3 aromatic heterocycles. The number of pyridine rings is 2. The van der Waals surface area contributed by atoms with Crippen molar-refractivity contribution in [1.82, 2.24) is 14.5 Å². The van der Waals surface area contributed by atoms with Gasteiger partial charge >= 0.3 is 0 Å². The molecule has 0 aliphatic heterocycles. The third kappa shape index (κ3) is 3.20. The Morgan fingerprint density at radius 1 is 1.24 bits per heavy atom. The van der Waals surface area contributed by atoms with Crippen LogP contribution in [0, 0.1) is 0 Å². The van der Waals surface area contributed by atoms with Gasteiger partial charge in [-0.05, 0) is 39.0 Å². The van der Waals surface area contributed by atoms with Gasteiger partial charge in [-0.15, -0.1) is 0 Å². The van der Waals surface area contributed by atoms with Gasteiger partial charge in [0.15, 0.2) is 12.2 Å². The second-order valence-electron chi connectivity index (χ2n) is 6.92. The van der Waals surface area contributed by atoms with Crippen molar-refractivity contribution in [3.63, 3.8) is 0 Å². The molecule has 0 aliphatic carbocycles. The molecule has 0 saturated carbocycles. The van der Waals surface area contributed by atoms with Gasteiger partial charge in [0.2, 0.25) is 0 Å². The summed E-state index contributed by atoms with van der Waals surface area (Å²) in [5.74, 6) is 0.0938. The monoisotopic (exact) mass is 361 g/mol. The Balaban J connectivity index is 2.20. The van der Waals surface area contributed by atoms with E-state index in [9.17, 15) is 15.3 Å². The highest BCUT2D eigenvalue weighted by Crippen LogP contribution is 2.37. The molecule has 0 fully saturated rings. The molecule has 6 nitrogen and oxygen atoms in total. The average Bonchev–Trinajstić information content (AvgIpc) is 2.81. The Labute approximate surface area is 150 Å². The summed E-state index contributed by atoms with van der Waals surface area (Å²) < 4.78 is 1.77. The number of halogens is 1. The maximum atomic E-state index is 10.8. The van der Waals surface area contributed by atoms with Gasteiger partial charge in [-0.1, -0.05) is 11.6 Å². The lowest BCUT2D eigenvalue weighted by molar-refractivity contribution is -0.0433. The Kier molecular flexibility index (Phi) is 4.45. The largest absolute Gasteiger partial charge is 0.494 e. The molecule has 0 spiro atoms. The Morgan fingerprint density at radius 3 is 2.60 bits per heavy atom. The summed E-state index contributed by atoms with van der Waals surface area (Å²) in [5, 5.41) is 31.2. The zero-order valence-corrected chi connectivity index (χ0v) is 15.0. The lowest BCUT2D eigenvalue weighted by Gasteiger charge is -2.23. The van der Waals surface area contributed by atoms with Crippen molar-refractivity contribution in [2.24, 2.45) is 0 Å². The first-order valence-corrected chi connectivity index (χ1v) is 8.26. The molecule has 3 N–H and O–H groups in total. The highest BCUT2D eigenvalue weighted by molar-refractivity contribution is 6.30. The standard InChI is InChI=1S/C18H20ClN3O3/c1-18(2,3)22-15-11(5-4-6-20-15)12(16(22)23)8-14-13(17(24)25)7-10(19)9-21-14/h4-7,9,17,23-25H,8H2,1-3H3. The van der Waals surface area contributed by atoms with E-state index in [1.54, 1.807) is 16.8 Å². The molecule has 0 unspecified atom stereocenters. The van der Waals surface area contributed by atoms with E-state index in [2.05, 4.69) is 9.97 Å². The van der Waals surface area contributed by atoms with Gasteiger partial charge in [-0.3, -0.25) is 9.55 Å². The minimum atomic E-state index is -1.70. The molecule has 0 atom stereocenters. The van der Waals surface area contributed by atoms with Crippen LogP contribution >= 0.6 is 11.6 Å². The number of hydrogen-bond acceptors (Lipinski definition) is 5. The van der Waals surface area contributed by atoms with E-state index in [4.69, 9.17) is 11.6 Å². The predicted molar refractivity (Wildman–Crippen MR) is 95.6 cm³/mol. The Hall–Kier alpha value is -2.15. The molecule has 25 heavy (non-hydrogen) atoms. The molecule has 0 aromatic carbocycles. The van der Waals surface area contributed by atoms with Crippen LogP contribution in [-0.2, 0) is 12.0 Å². The van der Waals surface area contributed by atoms with Crippen LogP contribution in [-0.4, -0.2) is 29.9 Å². The summed E-state index contributed by atoms with van der Waals surface area (Å²) in [6, 6.07) is 5.15. The second kappa shape index (κ2) is 6.29. The summed E-state index contributed by atoms with van der Waals surface area (Å²) in [6.45, 7) is 5.94. The quantitative estimate of drug-likeness (QED) is 0.623. The van der Waals surface area contributed by atoms with E-state index >= 15 is 0 Å². The van der Waals surface area contributed by atoms with Crippen LogP contribution < -0.4 is 0 Å². The van der Waals surface area contributed by atoms with Crippen LogP contribution in [0.25, 0.3) is 11.0 Å². The van der Waals surface area contributed by atoms with Gasteiger partial charge in [0, 0.05) is 40.9 Å². The number of aromatic nitrogens is 3. The number of rotatable bonds is 3. The Bertz CT molecular complexity index is 929. The topological polar surface area (TPSA) is 91.4 Å². The lowest BCUT2D eigenvalue weighted by atomic mass is 10.0. The van der Waals surface area contributed by atoms with Crippen LogP contribution in [0.4, 0.5) is 0 Å². The van der Waals surface area contributed by atoms with E-state index in [0.717, 1.165) is 5.39 Å². The molecule has 0 bridgehead atoms. The van der Waals surface area contributed by atoms with Crippen LogP contribution in [0.1, 0.15) is 43.9 Å². The van der Waals surface area contributed by atoms with Crippen molar-refractivity contribution in [3.05, 3.63) is 52.4 Å². The fourth-order valence-electron chi connectivity index (χ4n) is 3.00. The van der Waals surface area contributed by atoms with E-state index in [-0.39, 0.29) is 23.4 Å². The lowest BCUT2D eigenvalue weighted by Crippen LogP contribution is -2.21.